The van der Waals surface area contributed by atoms with Gasteiger partial charge in [-0.1, -0.05) is 6.07 Å². The molecule has 3 nitrogen and oxygen atoms in total. The van der Waals surface area contributed by atoms with E-state index in [4.69, 9.17) is 4.74 Å². The van der Waals surface area contributed by atoms with Gasteiger partial charge in [0.25, 0.3) is 0 Å². The number of benzene rings is 1. The Morgan fingerprint density at radius 3 is 2.37 bits per heavy atom. The third kappa shape index (κ3) is 2.60. The summed E-state index contributed by atoms with van der Waals surface area (Å²) in [6.07, 6.45) is -2.40. The predicted octanol–water partition coefficient (Wildman–Crippen LogP) is 3.54. The van der Waals surface area contributed by atoms with Crippen LogP contribution in [0, 0.1) is 11.3 Å². The van der Waals surface area contributed by atoms with E-state index in [1.165, 1.54) is 25.3 Å². The molecule has 1 aliphatic carbocycles. The number of hydrogen-bond donors (Lipinski definition) is 0. The largest absolute Gasteiger partial charge is 0.573 e. The molecule has 0 aliphatic heterocycles. The van der Waals surface area contributed by atoms with Gasteiger partial charge >= 0.3 is 6.36 Å². The summed E-state index contributed by atoms with van der Waals surface area (Å²) in [6, 6.07) is 6.37. The van der Waals surface area contributed by atoms with Crippen LogP contribution in [0.5, 0.6) is 11.5 Å². The van der Waals surface area contributed by atoms with Crippen molar-refractivity contribution >= 4 is 0 Å². The summed E-state index contributed by atoms with van der Waals surface area (Å²) in [5.41, 5.74) is 0.0805. The van der Waals surface area contributed by atoms with Crippen molar-refractivity contribution in [3.63, 3.8) is 0 Å². The van der Waals surface area contributed by atoms with E-state index in [1.54, 1.807) is 0 Å². The highest BCUT2D eigenvalue weighted by Gasteiger charge is 2.40. The molecule has 0 N–H and O–H groups in total. The minimum Gasteiger partial charge on any atom is -0.493 e. The Kier molecular flexibility index (Phi) is 3.31. The number of rotatable bonds is 3. The van der Waals surface area contributed by atoms with Crippen LogP contribution in [0.15, 0.2) is 18.2 Å². The second-order valence-corrected chi connectivity index (χ2v) is 4.46. The van der Waals surface area contributed by atoms with Gasteiger partial charge in [-0.05, 0) is 37.0 Å². The molecule has 1 aliphatic rings. The molecule has 6 heteroatoms. The van der Waals surface area contributed by atoms with Crippen LogP contribution in [0.25, 0.3) is 0 Å². The van der Waals surface area contributed by atoms with E-state index in [2.05, 4.69) is 10.8 Å². The van der Waals surface area contributed by atoms with Crippen molar-refractivity contribution in [3.8, 4) is 17.6 Å². The Morgan fingerprint density at radius 1 is 1.26 bits per heavy atom. The lowest BCUT2D eigenvalue weighted by molar-refractivity contribution is -0.275. The van der Waals surface area contributed by atoms with Crippen LogP contribution in [0.2, 0.25) is 0 Å². The highest BCUT2D eigenvalue weighted by molar-refractivity contribution is 5.48. The Hall–Kier alpha value is -1.90. The molecule has 0 unspecified atom stereocenters. The van der Waals surface area contributed by atoms with E-state index in [0.717, 1.165) is 6.42 Å². The number of nitrogens with zero attached hydrogens (tertiary/aromatic N) is 1. The minimum absolute atomic E-state index is 0.0173. The van der Waals surface area contributed by atoms with Crippen LogP contribution < -0.4 is 9.47 Å². The van der Waals surface area contributed by atoms with Crippen molar-refractivity contribution in [2.45, 2.75) is 31.0 Å². The van der Waals surface area contributed by atoms with E-state index in [-0.39, 0.29) is 5.75 Å². The minimum atomic E-state index is -4.77. The summed E-state index contributed by atoms with van der Waals surface area (Å²) >= 11 is 0. The van der Waals surface area contributed by atoms with Crippen LogP contribution in [0.3, 0.4) is 0 Å². The van der Waals surface area contributed by atoms with Crippen LogP contribution in [0.4, 0.5) is 13.2 Å². The summed E-state index contributed by atoms with van der Waals surface area (Å²) in [4.78, 5) is 0. The van der Waals surface area contributed by atoms with Gasteiger partial charge in [0.2, 0.25) is 0 Å². The molecule has 102 valence electrons. The molecule has 2 rings (SSSR count). The molecule has 0 saturated heterocycles. The summed E-state index contributed by atoms with van der Waals surface area (Å²) in [5, 5.41) is 9.21. The van der Waals surface area contributed by atoms with Gasteiger partial charge in [0.1, 0.15) is 0 Å². The third-order valence-corrected chi connectivity index (χ3v) is 3.36. The van der Waals surface area contributed by atoms with Crippen molar-refractivity contribution < 1.29 is 22.6 Å². The first-order valence-electron chi connectivity index (χ1n) is 5.76. The maximum atomic E-state index is 12.2. The molecule has 0 bridgehead atoms. The fourth-order valence-corrected chi connectivity index (χ4v) is 2.17. The van der Waals surface area contributed by atoms with Crippen LogP contribution in [-0.2, 0) is 5.41 Å². The quantitative estimate of drug-likeness (QED) is 0.844. The van der Waals surface area contributed by atoms with Crippen LogP contribution in [-0.4, -0.2) is 13.5 Å². The van der Waals surface area contributed by atoms with E-state index in [0.29, 0.717) is 18.4 Å². The van der Waals surface area contributed by atoms with Crippen LogP contribution in [0.1, 0.15) is 24.8 Å². The molecule has 0 radical (unpaired) electrons. The molecule has 0 atom stereocenters. The Bertz CT molecular complexity index is 516. The standard InChI is InChI=1S/C13H12F3NO2/c1-18-11-7-9(12(8-17)5-2-6-12)3-4-10(11)19-13(14,15)16/h3-4,7H,2,5-6H2,1H3. The van der Waals surface area contributed by atoms with E-state index >= 15 is 0 Å². The second-order valence-electron chi connectivity index (χ2n) is 4.46. The zero-order valence-electron chi connectivity index (χ0n) is 10.3. The van der Waals surface area contributed by atoms with Gasteiger partial charge in [-0.2, -0.15) is 5.26 Å². The van der Waals surface area contributed by atoms with Crippen LogP contribution >= 0.6 is 0 Å². The highest BCUT2D eigenvalue weighted by atomic mass is 19.4. The van der Waals surface area contributed by atoms with Gasteiger partial charge < -0.3 is 9.47 Å². The lowest BCUT2D eigenvalue weighted by atomic mass is 9.65. The molecule has 0 amide bonds. The normalized spacial score (nSPS) is 17.2. The van der Waals surface area contributed by atoms with Gasteiger partial charge in [-0.25, -0.2) is 0 Å². The molecule has 0 heterocycles. The lowest BCUT2D eigenvalue weighted by Crippen LogP contribution is -2.32. The first kappa shape index (κ1) is 13.5. The number of nitriles is 1. The summed E-state index contributed by atoms with van der Waals surface area (Å²) in [7, 11) is 1.27. The summed E-state index contributed by atoms with van der Waals surface area (Å²) in [5.74, 6) is -0.414. The van der Waals surface area contributed by atoms with E-state index < -0.39 is 17.5 Å². The smallest absolute Gasteiger partial charge is 0.493 e. The zero-order chi connectivity index (χ0) is 14.1. The summed E-state index contributed by atoms with van der Waals surface area (Å²) in [6.45, 7) is 0. The number of alkyl halides is 3. The summed E-state index contributed by atoms with van der Waals surface area (Å²) < 4.78 is 45.4. The molecule has 1 aromatic rings. The molecule has 1 aromatic carbocycles. The van der Waals surface area contributed by atoms with Gasteiger partial charge in [0, 0.05) is 0 Å². The molecule has 1 saturated carbocycles. The van der Waals surface area contributed by atoms with Gasteiger partial charge in [0.15, 0.2) is 11.5 Å². The molecule has 0 spiro atoms. The Labute approximate surface area is 108 Å². The van der Waals surface area contributed by atoms with E-state index in [1.807, 2.05) is 0 Å². The van der Waals surface area contributed by atoms with Crippen molar-refractivity contribution in [1.29, 1.82) is 5.26 Å². The monoisotopic (exact) mass is 271 g/mol. The molecular weight excluding hydrogens is 259 g/mol. The van der Waals surface area contributed by atoms with Crippen molar-refractivity contribution in [1.82, 2.24) is 0 Å². The zero-order valence-corrected chi connectivity index (χ0v) is 10.3. The average Bonchev–Trinajstić information content (AvgIpc) is 2.28. The van der Waals surface area contributed by atoms with E-state index in [9.17, 15) is 18.4 Å². The number of hydrogen-bond acceptors (Lipinski definition) is 3. The van der Waals surface area contributed by atoms with Gasteiger partial charge in [-0.15, -0.1) is 13.2 Å². The first-order chi connectivity index (χ1) is 8.90. The average molecular weight is 271 g/mol. The molecule has 0 aromatic heterocycles. The Morgan fingerprint density at radius 2 is 1.95 bits per heavy atom. The number of methoxy groups -OCH3 is 1. The first-order valence-corrected chi connectivity index (χ1v) is 5.76. The molecule has 19 heavy (non-hydrogen) atoms. The van der Waals surface area contributed by atoms with Gasteiger partial charge in [0.05, 0.1) is 18.6 Å². The number of ether oxygens (including phenoxy) is 2. The predicted molar refractivity (Wildman–Crippen MR) is 60.8 cm³/mol. The third-order valence-electron chi connectivity index (χ3n) is 3.36. The Balaban J connectivity index is 2.34. The lowest BCUT2D eigenvalue weighted by Gasteiger charge is -2.35. The number of halogens is 3. The molecule has 1 fully saturated rings. The maximum absolute atomic E-state index is 12.2. The topological polar surface area (TPSA) is 42.2 Å². The maximum Gasteiger partial charge on any atom is 0.573 e. The highest BCUT2D eigenvalue weighted by Crippen LogP contribution is 2.45. The second kappa shape index (κ2) is 4.65. The van der Waals surface area contributed by atoms with Crippen molar-refractivity contribution in [2.24, 2.45) is 0 Å². The SMILES string of the molecule is COc1cc(C2(C#N)CCC2)ccc1OC(F)(F)F. The van der Waals surface area contributed by atoms with Crippen molar-refractivity contribution in [2.75, 3.05) is 7.11 Å². The fourth-order valence-electron chi connectivity index (χ4n) is 2.17. The van der Waals surface area contributed by atoms with Crippen molar-refractivity contribution in [3.05, 3.63) is 23.8 Å². The molecular formula is C13H12F3NO2. The fraction of sp³-hybridized carbons (Fsp3) is 0.462. The van der Waals surface area contributed by atoms with Gasteiger partial charge in [-0.3, -0.25) is 0 Å².